The lowest BCUT2D eigenvalue weighted by atomic mass is 10.0. The highest BCUT2D eigenvalue weighted by atomic mass is 19.4. The van der Waals surface area contributed by atoms with Crippen LogP contribution in [0, 0.1) is 0 Å². The van der Waals surface area contributed by atoms with Crippen molar-refractivity contribution < 1.29 is 27.6 Å². The van der Waals surface area contributed by atoms with Crippen molar-refractivity contribution in [2.75, 3.05) is 13.1 Å². The number of hydrogen-bond acceptors (Lipinski definition) is 3. The van der Waals surface area contributed by atoms with Gasteiger partial charge < -0.3 is 15.2 Å². The molecule has 1 N–H and O–H groups in total. The second kappa shape index (κ2) is 6.37. The van der Waals surface area contributed by atoms with Crippen molar-refractivity contribution in [1.29, 1.82) is 0 Å². The van der Waals surface area contributed by atoms with E-state index in [2.05, 4.69) is 5.32 Å². The number of benzene rings is 1. The zero-order valence-electron chi connectivity index (χ0n) is 14.1. The highest BCUT2D eigenvalue weighted by molar-refractivity contribution is 5.55. The average Bonchev–Trinajstić information content (AvgIpc) is 2.90. The van der Waals surface area contributed by atoms with E-state index in [4.69, 9.17) is 0 Å². The number of halogens is 3. The van der Waals surface area contributed by atoms with Gasteiger partial charge in [0.25, 0.3) is 6.09 Å². The SMILES string of the molecule is CC(C)(C)[N+]1(C(=O)[O-])CC[C@@H](NCc2ccccc2C(F)(F)F)C1. The first-order chi connectivity index (χ1) is 11.0. The zero-order chi connectivity index (χ0) is 18.2. The van der Waals surface area contributed by atoms with Gasteiger partial charge in [0.2, 0.25) is 0 Å². The Bertz CT molecular complexity index is 611. The largest absolute Gasteiger partial charge is 0.498 e. The molecule has 1 fully saturated rings. The first kappa shape index (κ1) is 18.7. The number of hydrogen-bond donors (Lipinski definition) is 1. The normalized spacial score (nSPS) is 25.0. The molecule has 1 aromatic carbocycles. The van der Waals surface area contributed by atoms with E-state index in [0.29, 0.717) is 19.5 Å². The summed E-state index contributed by atoms with van der Waals surface area (Å²) in [6, 6.07) is 5.26. The van der Waals surface area contributed by atoms with Gasteiger partial charge in [-0.3, -0.25) is 4.48 Å². The van der Waals surface area contributed by atoms with E-state index < -0.39 is 23.4 Å². The maximum absolute atomic E-state index is 13.0. The van der Waals surface area contributed by atoms with Gasteiger partial charge in [0.05, 0.1) is 23.7 Å². The number of nitrogens with one attached hydrogen (secondary N) is 1. The Hall–Kier alpha value is -1.60. The molecular weight excluding hydrogens is 321 g/mol. The topological polar surface area (TPSA) is 52.2 Å². The minimum atomic E-state index is -4.40. The number of carbonyl (C=O) groups is 1. The second-order valence-corrected chi connectivity index (χ2v) is 7.33. The van der Waals surface area contributed by atoms with Crippen LogP contribution in [0.1, 0.15) is 38.3 Å². The number of quaternary nitrogens is 1. The molecule has 24 heavy (non-hydrogen) atoms. The maximum Gasteiger partial charge on any atom is 0.416 e. The molecule has 1 unspecified atom stereocenters. The summed E-state index contributed by atoms with van der Waals surface area (Å²) in [7, 11) is 0. The van der Waals surface area contributed by atoms with E-state index in [1.54, 1.807) is 6.07 Å². The van der Waals surface area contributed by atoms with Crippen molar-refractivity contribution in [2.24, 2.45) is 0 Å². The summed E-state index contributed by atoms with van der Waals surface area (Å²) in [5.74, 6) is 0. The van der Waals surface area contributed by atoms with Crippen molar-refractivity contribution in [1.82, 2.24) is 5.32 Å². The summed E-state index contributed by atoms with van der Waals surface area (Å²) in [4.78, 5) is 11.7. The molecule has 1 aliphatic rings. The quantitative estimate of drug-likeness (QED) is 0.858. The summed E-state index contributed by atoms with van der Waals surface area (Å²) < 4.78 is 38.9. The first-order valence-corrected chi connectivity index (χ1v) is 7.94. The molecule has 4 nitrogen and oxygen atoms in total. The fourth-order valence-corrected chi connectivity index (χ4v) is 3.36. The van der Waals surface area contributed by atoms with Gasteiger partial charge in [0.1, 0.15) is 6.54 Å². The van der Waals surface area contributed by atoms with Gasteiger partial charge >= 0.3 is 6.18 Å². The fraction of sp³-hybridized carbons (Fsp3) is 0.588. The number of alkyl halides is 3. The summed E-state index contributed by atoms with van der Waals surface area (Å²) >= 11 is 0. The van der Waals surface area contributed by atoms with Crippen LogP contribution in [0.2, 0.25) is 0 Å². The van der Waals surface area contributed by atoms with E-state index in [0.717, 1.165) is 6.07 Å². The van der Waals surface area contributed by atoms with E-state index in [1.807, 2.05) is 20.8 Å². The molecule has 134 valence electrons. The zero-order valence-corrected chi connectivity index (χ0v) is 14.1. The number of amides is 1. The number of rotatable bonds is 3. The van der Waals surface area contributed by atoms with Gasteiger partial charge in [0, 0.05) is 13.0 Å². The number of carbonyl (C=O) groups excluding carboxylic acids is 1. The Morgan fingerprint density at radius 2 is 1.92 bits per heavy atom. The Morgan fingerprint density at radius 1 is 1.29 bits per heavy atom. The van der Waals surface area contributed by atoms with Gasteiger partial charge in [-0.15, -0.1) is 0 Å². The summed E-state index contributed by atoms with van der Waals surface area (Å²) in [5.41, 5.74) is -1.02. The lowest BCUT2D eigenvalue weighted by Gasteiger charge is -2.45. The van der Waals surface area contributed by atoms with E-state index >= 15 is 0 Å². The Morgan fingerprint density at radius 3 is 2.42 bits per heavy atom. The van der Waals surface area contributed by atoms with Crippen LogP contribution in [0.4, 0.5) is 18.0 Å². The summed E-state index contributed by atoms with van der Waals surface area (Å²) in [6.45, 7) is 6.28. The Labute approximate surface area is 139 Å². The minimum Gasteiger partial charge on any atom is -0.498 e. The molecular formula is C17H23F3N2O2. The van der Waals surface area contributed by atoms with E-state index in [1.165, 1.54) is 12.1 Å². The molecule has 7 heteroatoms. The monoisotopic (exact) mass is 344 g/mol. The van der Waals surface area contributed by atoms with Crippen LogP contribution in [0.5, 0.6) is 0 Å². The van der Waals surface area contributed by atoms with Crippen molar-refractivity contribution >= 4 is 6.09 Å². The fourth-order valence-electron chi connectivity index (χ4n) is 3.36. The predicted molar refractivity (Wildman–Crippen MR) is 81.8 cm³/mol. The van der Waals surface area contributed by atoms with Crippen molar-refractivity contribution in [3.05, 3.63) is 35.4 Å². The molecule has 0 saturated carbocycles. The third kappa shape index (κ3) is 3.57. The number of likely N-dealkylation sites (tertiary alicyclic amines) is 1. The molecule has 1 amide bonds. The van der Waals surface area contributed by atoms with Crippen LogP contribution in [-0.4, -0.2) is 35.2 Å². The van der Waals surface area contributed by atoms with Crippen LogP contribution in [-0.2, 0) is 12.7 Å². The van der Waals surface area contributed by atoms with Crippen LogP contribution < -0.4 is 10.4 Å². The molecule has 0 aliphatic carbocycles. The lowest BCUT2D eigenvalue weighted by Crippen LogP contribution is -2.67. The standard InChI is InChI=1S/C17H23F3N2O2/c1-16(2,3)22(15(23)24)9-8-13(11-22)21-10-12-6-4-5-7-14(12)17(18,19)20/h4-7,13,21H,8-11H2,1-3H3/t13-,22?/m1/s1. The van der Waals surface area contributed by atoms with Gasteiger partial charge in [-0.2, -0.15) is 13.2 Å². The second-order valence-electron chi connectivity index (χ2n) is 7.33. The van der Waals surface area contributed by atoms with Crippen molar-refractivity contribution in [3.63, 3.8) is 0 Å². The molecule has 0 spiro atoms. The molecule has 0 bridgehead atoms. The predicted octanol–water partition coefficient (Wildman–Crippen LogP) is 2.53. The maximum atomic E-state index is 13.0. The van der Waals surface area contributed by atoms with Crippen LogP contribution in [0.3, 0.4) is 0 Å². The molecule has 0 radical (unpaired) electrons. The molecule has 2 atom stereocenters. The molecule has 1 saturated heterocycles. The number of nitrogens with zero attached hydrogens (tertiary/aromatic N) is 1. The average molecular weight is 344 g/mol. The first-order valence-electron chi connectivity index (χ1n) is 7.94. The Balaban J connectivity index is 2.09. The highest BCUT2D eigenvalue weighted by Gasteiger charge is 2.48. The summed E-state index contributed by atoms with van der Waals surface area (Å²) in [6.07, 6.45) is -4.95. The van der Waals surface area contributed by atoms with Crippen LogP contribution >= 0.6 is 0 Å². The third-order valence-corrected chi connectivity index (χ3v) is 4.93. The molecule has 0 aromatic heterocycles. The molecule has 1 aromatic rings. The number of carboxylic acid groups (broad SMARTS) is 1. The van der Waals surface area contributed by atoms with Crippen LogP contribution in [0.15, 0.2) is 24.3 Å². The molecule has 1 aliphatic heterocycles. The molecule has 1 heterocycles. The smallest absolute Gasteiger partial charge is 0.416 e. The minimum absolute atomic E-state index is 0.0531. The van der Waals surface area contributed by atoms with Gasteiger partial charge in [-0.1, -0.05) is 18.2 Å². The lowest BCUT2D eigenvalue weighted by molar-refractivity contribution is -0.909. The van der Waals surface area contributed by atoms with E-state index in [-0.39, 0.29) is 22.6 Å². The van der Waals surface area contributed by atoms with Crippen molar-refractivity contribution in [2.45, 2.75) is 51.5 Å². The Kier molecular flexibility index (Phi) is 4.97. The highest BCUT2D eigenvalue weighted by Crippen LogP contribution is 2.33. The van der Waals surface area contributed by atoms with Crippen LogP contribution in [0.25, 0.3) is 0 Å². The molecule has 2 rings (SSSR count). The van der Waals surface area contributed by atoms with Gasteiger partial charge in [-0.25, -0.2) is 0 Å². The van der Waals surface area contributed by atoms with E-state index in [9.17, 15) is 23.1 Å². The van der Waals surface area contributed by atoms with Gasteiger partial charge in [-0.05, 0) is 32.4 Å². The van der Waals surface area contributed by atoms with Gasteiger partial charge in [0.15, 0.2) is 0 Å². The summed E-state index contributed by atoms with van der Waals surface area (Å²) in [5, 5.41) is 14.7. The third-order valence-electron chi connectivity index (χ3n) is 4.93. The van der Waals surface area contributed by atoms with Crippen molar-refractivity contribution in [3.8, 4) is 0 Å².